The molecule has 2 aromatic rings. The molecule has 2 aliphatic rings. The molecule has 6 nitrogen and oxygen atoms in total. The molecule has 2 aromatic carbocycles. The average Bonchev–Trinajstić information content (AvgIpc) is 3.05. The molecule has 0 aromatic heterocycles. The van der Waals surface area contributed by atoms with Crippen LogP contribution in [-0.4, -0.2) is 43.0 Å². The molecule has 0 spiro atoms. The van der Waals surface area contributed by atoms with Gasteiger partial charge in [-0.25, -0.2) is 4.90 Å². The number of carbonyl (C=O) groups excluding carboxylic acids is 2. The third kappa shape index (κ3) is 4.61. The maximum absolute atomic E-state index is 13.7. The highest BCUT2D eigenvalue weighted by molar-refractivity contribution is 6.45. The summed E-state index contributed by atoms with van der Waals surface area (Å²) in [6.45, 7) is 10.9. The van der Waals surface area contributed by atoms with Crippen molar-refractivity contribution >= 4 is 23.1 Å². The Hall–Kier alpha value is -3.28. The van der Waals surface area contributed by atoms with Crippen molar-refractivity contribution in [2.75, 3.05) is 31.2 Å². The summed E-state index contributed by atoms with van der Waals surface area (Å²) in [6, 6.07) is 14.5. The Labute approximate surface area is 195 Å². The van der Waals surface area contributed by atoms with Gasteiger partial charge < -0.3 is 14.4 Å². The van der Waals surface area contributed by atoms with Crippen LogP contribution in [0.3, 0.4) is 0 Å². The Morgan fingerprint density at radius 3 is 1.82 bits per heavy atom. The molecule has 6 heteroatoms. The Morgan fingerprint density at radius 2 is 1.30 bits per heavy atom. The molecular formula is C27H32N2O4. The number of nitrogens with zero attached hydrogens (tertiary/aromatic N) is 2. The topological polar surface area (TPSA) is 59.1 Å². The lowest BCUT2D eigenvalue weighted by molar-refractivity contribution is -0.120. The number of imide groups is 1. The number of likely N-dealkylation sites (tertiary alicyclic amines) is 1. The number of carbonyl (C=O) groups is 2. The standard InChI is InChI=1S/C27H32N2O4/c1-5-32-22-11-7-20(8-12-22)24-25(28-16-18(3)15-19(4)17-28)27(31)29(26(24)30)21-9-13-23(14-10-21)33-6-2/h7-14,18-19H,5-6,15-17H2,1-4H3. The van der Waals surface area contributed by atoms with E-state index in [2.05, 4.69) is 18.7 Å². The summed E-state index contributed by atoms with van der Waals surface area (Å²) in [5, 5.41) is 0. The second-order valence-electron chi connectivity index (χ2n) is 8.90. The molecule has 1 saturated heterocycles. The number of rotatable bonds is 7. The van der Waals surface area contributed by atoms with E-state index in [4.69, 9.17) is 9.47 Å². The normalized spacial score (nSPS) is 21.1. The van der Waals surface area contributed by atoms with Crippen LogP contribution in [0.15, 0.2) is 54.2 Å². The van der Waals surface area contributed by atoms with Crippen LogP contribution in [-0.2, 0) is 9.59 Å². The van der Waals surface area contributed by atoms with Crippen molar-refractivity contribution in [1.29, 1.82) is 0 Å². The Balaban J connectivity index is 1.75. The van der Waals surface area contributed by atoms with Gasteiger partial charge in [0.25, 0.3) is 11.8 Å². The Bertz CT molecular complexity index is 1030. The molecule has 4 rings (SSSR count). The van der Waals surface area contributed by atoms with Gasteiger partial charge in [0.05, 0.1) is 24.5 Å². The molecule has 1 fully saturated rings. The lowest BCUT2D eigenvalue weighted by Gasteiger charge is -2.37. The maximum Gasteiger partial charge on any atom is 0.282 e. The predicted molar refractivity (Wildman–Crippen MR) is 129 cm³/mol. The lowest BCUT2D eigenvalue weighted by Crippen LogP contribution is -2.42. The zero-order chi connectivity index (χ0) is 23.5. The van der Waals surface area contributed by atoms with E-state index < -0.39 is 0 Å². The first-order chi connectivity index (χ1) is 15.9. The lowest BCUT2D eigenvalue weighted by atomic mass is 9.91. The van der Waals surface area contributed by atoms with E-state index in [-0.39, 0.29) is 11.8 Å². The second-order valence-corrected chi connectivity index (χ2v) is 8.90. The zero-order valence-electron chi connectivity index (χ0n) is 19.8. The summed E-state index contributed by atoms with van der Waals surface area (Å²) < 4.78 is 11.1. The average molecular weight is 449 g/mol. The fourth-order valence-electron chi connectivity index (χ4n) is 4.89. The third-order valence-corrected chi connectivity index (χ3v) is 6.10. The van der Waals surface area contributed by atoms with Gasteiger partial charge in [-0.3, -0.25) is 9.59 Å². The van der Waals surface area contributed by atoms with Crippen LogP contribution in [0.4, 0.5) is 5.69 Å². The van der Waals surface area contributed by atoms with Crippen LogP contribution in [0.1, 0.15) is 39.7 Å². The fourth-order valence-corrected chi connectivity index (χ4v) is 4.89. The molecule has 174 valence electrons. The molecule has 0 saturated carbocycles. The highest BCUT2D eigenvalue weighted by Crippen LogP contribution is 2.38. The van der Waals surface area contributed by atoms with Crippen LogP contribution >= 0.6 is 0 Å². The van der Waals surface area contributed by atoms with Gasteiger partial charge in [0.1, 0.15) is 17.2 Å². The van der Waals surface area contributed by atoms with E-state index in [1.165, 1.54) is 4.90 Å². The number of piperidine rings is 1. The monoisotopic (exact) mass is 448 g/mol. The van der Waals surface area contributed by atoms with E-state index in [0.29, 0.717) is 47.8 Å². The quantitative estimate of drug-likeness (QED) is 0.573. The first-order valence-electron chi connectivity index (χ1n) is 11.8. The fraction of sp³-hybridized carbons (Fsp3) is 0.407. The summed E-state index contributed by atoms with van der Waals surface area (Å²) in [4.78, 5) is 30.9. The molecule has 2 heterocycles. The summed E-state index contributed by atoms with van der Waals surface area (Å²) in [7, 11) is 0. The van der Waals surface area contributed by atoms with Crippen molar-refractivity contribution in [2.45, 2.75) is 34.1 Å². The molecular weight excluding hydrogens is 416 g/mol. The minimum atomic E-state index is -0.297. The number of benzene rings is 2. The molecule has 0 bridgehead atoms. The van der Waals surface area contributed by atoms with Crippen molar-refractivity contribution < 1.29 is 19.1 Å². The molecule has 2 amide bonds. The van der Waals surface area contributed by atoms with Gasteiger partial charge in [0, 0.05) is 13.1 Å². The van der Waals surface area contributed by atoms with Crippen LogP contribution < -0.4 is 14.4 Å². The molecule has 0 radical (unpaired) electrons. The molecule has 2 aliphatic heterocycles. The second kappa shape index (κ2) is 9.69. The molecule has 33 heavy (non-hydrogen) atoms. The summed E-state index contributed by atoms with van der Waals surface area (Å²) in [5.74, 6) is 1.78. The van der Waals surface area contributed by atoms with Crippen molar-refractivity contribution in [2.24, 2.45) is 11.8 Å². The maximum atomic E-state index is 13.7. The molecule has 0 N–H and O–H groups in total. The molecule has 2 atom stereocenters. The smallest absolute Gasteiger partial charge is 0.282 e. The predicted octanol–water partition coefficient (Wildman–Crippen LogP) is 4.75. The van der Waals surface area contributed by atoms with Gasteiger partial charge in [-0.1, -0.05) is 26.0 Å². The first-order valence-corrected chi connectivity index (χ1v) is 11.8. The molecule has 0 aliphatic carbocycles. The van der Waals surface area contributed by atoms with E-state index in [0.717, 1.165) is 30.8 Å². The van der Waals surface area contributed by atoms with Crippen LogP contribution in [0.5, 0.6) is 11.5 Å². The van der Waals surface area contributed by atoms with Gasteiger partial charge in [-0.15, -0.1) is 0 Å². The van der Waals surface area contributed by atoms with Gasteiger partial charge in [-0.05, 0) is 74.1 Å². The minimum Gasteiger partial charge on any atom is -0.494 e. The minimum absolute atomic E-state index is 0.269. The van der Waals surface area contributed by atoms with E-state index in [9.17, 15) is 9.59 Å². The van der Waals surface area contributed by atoms with Gasteiger partial charge in [0.15, 0.2) is 0 Å². The first kappa shape index (κ1) is 22.9. The van der Waals surface area contributed by atoms with Crippen LogP contribution in [0.2, 0.25) is 0 Å². The van der Waals surface area contributed by atoms with Gasteiger partial charge in [0.2, 0.25) is 0 Å². The van der Waals surface area contributed by atoms with E-state index in [1.807, 2.05) is 38.1 Å². The van der Waals surface area contributed by atoms with Crippen molar-refractivity contribution in [3.8, 4) is 11.5 Å². The Morgan fingerprint density at radius 1 is 0.788 bits per heavy atom. The number of amides is 2. The summed E-state index contributed by atoms with van der Waals surface area (Å²) >= 11 is 0. The highest BCUT2D eigenvalue weighted by atomic mass is 16.5. The van der Waals surface area contributed by atoms with Crippen LogP contribution in [0.25, 0.3) is 5.57 Å². The van der Waals surface area contributed by atoms with Gasteiger partial charge in [-0.2, -0.15) is 0 Å². The van der Waals surface area contributed by atoms with Crippen molar-refractivity contribution in [3.05, 3.63) is 59.8 Å². The number of ether oxygens (including phenoxy) is 2. The van der Waals surface area contributed by atoms with Crippen molar-refractivity contribution in [3.63, 3.8) is 0 Å². The van der Waals surface area contributed by atoms with E-state index in [1.54, 1.807) is 24.3 Å². The largest absolute Gasteiger partial charge is 0.494 e. The number of hydrogen-bond acceptors (Lipinski definition) is 5. The van der Waals surface area contributed by atoms with E-state index >= 15 is 0 Å². The third-order valence-electron chi connectivity index (χ3n) is 6.10. The summed E-state index contributed by atoms with van der Waals surface area (Å²) in [5.41, 5.74) is 2.23. The zero-order valence-corrected chi connectivity index (χ0v) is 19.8. The Kier molecular flexibility index (Phi) is 6.72. The van der Waals surface area contributed by atoms with Crippen LogP contribution in [0, 0.1) is 11.8 Å². The number of hydrogen-bond donors (Lipinski definition) is 0. The molecule has 2 unspecified atom stereocenters. The van der Waals surface area contributed by atoms with Gasteiger partial charge >= 0.3 is 0 Å². The van der Waals surface area contributed by atoms with Crippen molar-refractivity contribution in [1.82, 2.24) is 4.90 Å². The highest BCUT2D eigenvalue weighted by Gasteiger charge is 2.43. The number of anilines is 1. The summed E-state index contributed by atoms with van der Waals surface area (Å²) in [6.07, 6.45) is 1.12. The SMILES string of the molecule is CCOc1ccc(C2=C(N3CC(C)CC(C)C3)C(=O)N(c3ccc(OCC)cc3)C2=O)cc1.